The molecule has 10 heteroatoms. The van der Waals surface area contributed by atoms with Crippen molar-refractivity contribution in [2.45, 2.75) is 33.2 Å². The number of hydrogen-bond acceptors (Lipinski definition) is 7. The Labute approximate surface area is 271 Å². The zero-order chi connectivity index (χ0) is 32.4. The molecular formula is C36H46N8O2. The maximum Gasteiger partial charge on any atom is 0.253 e. The van der Waals surface area contributed by atoms with Crippen LogP contribution in [0.25, 0.3) is 33.5 Å². The Morgan fingerprint density at radius 1 is 0.957 bits per heavy atom. The fraction of sp³-hybridized carbons (Fsp3) is 0.444. The Hall–Kier alpha value is -4.12. The number of nitrogens with one attached hydrogen (secondary N) is 2. The lowest BCUT2D eigenvalue weighted by Gasteiger charge is -2.32. The van der Waals surface area contributed by atoms with Crippen LogP contribution in [0.4, 0.5) is 0 Å². The van der Waals surface area contributed by atoms with E-state index >= 15 is 0 Å². The summed E-state index contributed by atoms with van der Waals surface area (Å²) in [6.45, 7) is 12.6. The molecule has 2 aliphatic rings. The van der Waals surface area contributed by atoms with Crippen LogP contribution in [0.5, 0.6) is 0 Å². The molecule has 2 N–H and O–H groups in total. The van der Waals surface area contributed by atoms with Gasteiger partial charge < -0.3 is 20.1 Å². The lowest BCUT2D eigenvalue weighted by Crippen LogP contribution is -2.47. The second kappa shape index (κ2) is 13.7. The first kappa shape index (κ1) is 31.8. The molecule has 2 aromatic heterocycles. The number of nitrogens with zero attached hydrogens (tertiary/aromatic N) is 6. The average Bonchev–Trinajstić information content (AvgIpc) is 3.47. The van der Waals surface area contributed by atoms with Gasteiger partial charge >= 0.3 is 0 Å². The fourth-order valence-electron chi connectivity index (χ4n) is 6.65. The zero-order valence-electron chi connectivity index (χ0n) is 27.8. The summed E-state index contributed by atoms with van der Waals surface area (Å²) in [7, 11) is 5.69. The molecule has 6 rings (SSSR count). The van der Waals surface area contributed by atoms with E-state index in [2.05, 4.69) is 51.1 Å². The monoisotopic (exact) mass is 622 g/mol. The lowest BCUT2D eigenvalue weighted by molar-refractivity contribution is -0.121. The summed E-state index contributed by atoms with van der Waals surface area (Å²) in [4.78, 5) is 47.0. The first-order chi connectivity index (χ1) is 22.2. The molecule has 2 amide bonds. The molecule has 0 bridgehead atoms. The van der Waals surface area contributed by atoms with Gasteiger partial charge in [0.1, 0.15) is 5.52 Å². The zero-order valence-corrected chi connectivity index (χ0v) is 27.8. The van der Waals surface area contributed by atoms with Crippen LogP contribution in [-0.2, 0) is 17.8 Å². The van der Waals surface area contributed by atoms with E-state index in [1.54, 1.807) is 19.0 Å². The topological polar surface area (TPSA) is 101 Å². The third kappa shape index (κ3) is 6.99. The molecule has 2 aromatic carbocycles. The summed E-state index contributed by atoms with van der Waals surface area (Å²) < 4.78 is 0. The smallest absolute Gasteiger partial charge is 0.253 e. The number of likely N-dealkylation sites (N-methyl/N-ethyl adjacent to an activating group) is 1. The first-order valence-electron chi connectivity index (χ1n) is 16.4. The molecule has 46 heavy (non-hydrogen) atoms. The van der Waals surface area contributed by atoms with Crippen molar-refractivity contribution in [2.75, 3.05) is 73.5 Å². The SMILES string of the molecule is Cc1cc(-c2c[nH]c3ncc(-c4cc(C)c5c(c4)CN(CCC(=O)NCCN4CCN(C)CC4)CC5)nc23)ccc1C(=O)N(C)C. The summed E-state index contributed by atoms with van der Waals surface area (Å²) in [5, 5.41) is 3.13. The van der Waals surface area contributed by atoms with Crippen molar-refractivity contribution in [1.29, 1.82) is 0 Å². The molecule has 2 aliphatic heterocycles. The minimum atomic E-state index is -0.00798. The van der Waals surface area contributed by atoms with Gasteiger partial charge in [-0.1, -0.05) is 12.1 Å². The number of H-pyrrole nitrogens is 1. The van der Waals surface area contributed by atoms with Crippen molar-refractivity contribution in [3.8, 4) is 22.4 Å². The standard InChI is InChI=1S/C36H46N8O2/c1-24-19-27(20-28-23-44(11-8-29(24)28)12-9-33(45)37-10-13-43-16-14-42(5)15-17-43)32-22-39-35-34(40-32)31(21-38-35)26-6-7-30(25(2)18-26)36(46)41(3)4/h6-7,18-22H,8-17,23H2,1-5H3,(H,37,45)(H,38,39). The van der Waals surface area contributed by atoms with Gasteiger partial charge in [0.2, 0.25) is 5.91 Å². The number of carbonyl (C=O) groups excluding carboxylic acids is 2. The number of benzene rings is 2. The molecule has 4 heterocycles. The summed E-state index contributed by atoms with van der Waals surface area (Å²) in [5.74, 6) is 0.122. The van der Waals surface area contributed by atoms with Gasteiger partial charge in [0.15, 0.2) is 5.65 Å². The van der Waals surface area contributed by atoms with E-state index in [-0.39, 0.29) is 11.8 Å². The van der Waals surface area contributed by atoms with Gasteiger partial charge in [-0.3, -0.25) is 19.4 Å². The average molecular weight is 623 g/mol. The molecule has 0 saturated carbocycles. The molecule has 0 radical (unpaired) electrons. The van der Waals surface area contributed by atoms with E-state index in [0.29, 0.717) is 18.5 Å². The van der Waals surface area contributed by atoms with Crippen molar-refractivity contribution in [2.24, 2.45) is 0 Å². The predicted molar refractivity (Wildman–Crippen MR) is 183 cm³/mol. The normalized spacial score (nSPS) is 16.0. The quantitative estimate of drug-likeness (QED) is 0.294. The van der Waals surface area contributed by atoms with E-state index < -0.39 is 0 Å². The number of rotatable bonds is 9. The maximum absolute atomic E-state index is 12.6. The minimum Gasteiger partial charge on any atom is -0.355 e. The Morgan fingerprint density at radius 2 is 1.74 bits per heavy atom. The highest BCUT2D eigenvalue weighted by atomic mass is 16.2. The molecule has 0 unspecified atom stereocenters. The lowest BCUT2D eigenvalue weighted by atomic mass is 9.92. The third-order valence-corrected chi connectivity index (χ3v) is 9.49. The highest BCUT2D eigenvalue weighted by Gasteiger charge is 2.21. The number of fused-ring (bicyclic) bond motifs is 2. The molecule has 0 spiro atoms. The number of piperazine rings is 1. The number of aromatic amines is 1. The van der Waals surface area contributed by atoms with Gasteiger partial charge in [-0.25, -0.2) is 9.97 Å². The molecule has 242 valence electrons. The Kier molecular flexibility index (Phi) is 9.49. The molecule has 4 aromatic rings. The van der Waals surface area contributed by atoms with Crippen molar-refractivity contribution in [3.63, 3.8) is 0 Å². The molecule has 1 saturated heterocycles. The molecule has 0 atom stereocenters. The van der Waals surface area contributed by atoms with Gasteiger partial charge in [0.05, 0.1) is 11.9 Å². The second-order valence-electron chi connectivity index (χ2n) is 13.1. The number of aryl methyl sites for hydroxylation is 2. The van der Waals surface area contributed by atoms with Crippen LogP contribution in [0.3, 0.4) is 0 Å². The summed E-state index contributed by atoms with van der Waals surface area (Å²) in [6.07, 6.45) is 5.26. The van der Waals surface area contributed by atoms with Crippen molar-refractivity contribution >= 4 is 23.0 Å². The van der Waals surface area contributed by atoms with Crippen LogP contribution in [0.15, 0.2) is 42.7 Å². The van der Waals surface area contributed by atoms with Gasteiger partial charge in [-0.2, -0.15) is 0 Å². The van der Waals surface area contributed by atoms with Crippen LogP contribution < -0.4 is 5.32 Å². The summed E-state index contributed by atoms with van der Waals surface area (Å²) in [6, 6.07) is 10.4. The van der Waals surface area contributed by atoms with Crippen molar-refractivity contribution < 1.29 is 9.59 Å². The summed E-state index contributed by atoms with van der Waals surface area (Å²) in [5.41, 5.74) is 10.9. The van der Waals surface area contributed by atoms with Gasteiger partial charge in [-0.15, -0.1) is 0 Å². The van der Waals surface area contributed by atoms with Crippen LogP contribution in [0, 0.1) is 13.8 Å². The minimum absolute atomic E-state index is 0.00798. The van der Waals surface area contributed by atoms with E-state index in [9.17, 15) is 9.59 Å². The fourth-order valence-corrected chi connectivity index (χ4v) is 6.65. The molecular weight excluding hydrogens is 576 g/mol. The Bertz CT molecular complexity index is 1740. The van der Waals surface area contributed by atoms with Crippen LogP contribution >= 0.6 is 0 Å². The maximum atomic E-state index is 12.6. The van der Waals surface area contributed by atoms with E-state index in [4.69, 9.17) is 9.97 Å². The number of aromatic nitrogens is 3. The number of amides is 2. The Morgan fingerprint density at radius 3 is 2.50 bits per heavy atom. The van der Waals surface area contributed by atoms with Gasteiger partial charge in [0.25, 0.3) is 5.91 Å². The third-order valence-electron chi connectivity index (χ3n) is 9.49. The Balaban J connectivity index is 1.13. The largest absolute Gasteiger partial charge is 0.355 e. The van der Waals surface area contributed by atoms with E-state index in [0.717, 1.165) is 97.9 Å². The van der Waals surface area contributed by atoms with Crippen molar-refractivity contribution in [1.82, 2.24) is 39.9 Å². The van der Waals surface area contributed by atoms with Crippen LogP contribution in [0.1, 0.15) is 39.0 Å². The van der Waals surface area contributed by atoms with Gasteiger partial charge in [0, 0.05) is 102 Å². The van der Waals surface area contributed by atoms with Crippen molar-refractivity contribution in [3.05, 3.63) is 70.5 Å². The first-order valence-corrected chi connectivity index (χ1v) is 16.4. The number of hydrogen-bond donors (Lipinski definition) is 2. The van der Waals surface area contributed by atoms with Gasteiger partial charge in [-0.05, 0) is 73.3 Å². The second-order valence-corrected chi connectivity index (χ2v) is 13.1. The van der Waals surface area contributed by atoms with Crippen LogP contribution in [-0.4, -0.2) is 120 Å². The van der Waals surface area contributed by atoms with Crippen LogP contribution in [0.2, 0.25) is 0 Å². The predicted octanol–water partition coefficient (Wildman–Crippen LogP) is 3.72. The summed E-state index contributed by atoms with van der Waals surface area (Å²) >= 11 is 0. The van der Waals surface area contributed by atoms with E-state index in [1.807, 2.05) is 37.5 Å². The number of carbonyl (C=O) groups is 2. The highest BCUT2D eigenvalue weighted by molar-refractivity contribution is 5.97. The highest BCUT2D eigenvalue weighted by Crippen LogP contribution is 2.32. The molecule has 10 nitrogen and oxygen atoms in total. The molecule has 0 aliphatic carbocycles. The molecule has 1 fully saturated rings. The van der Waals surface area contributed by atoms with E-state index in [1.165, 1.54) is 16.7 Å².